The summed E-state index contributed by atoms with van der Waals surface area (Å²) in [6.45, 7) is 0. The summed E-state index contributed by atoms with van der Waals surface area (Å²) < 4.78 is 0. The van der Waals surface area contributed by atoms with Crippen LogP contribution in [0.15, 0.2) is 48.5 Å². The SMILES string of the molecule is O=Cc1ccc(-c2ccc(O)cc2)cc1. The number of rotatable bonds is 2. The molecule has 0 bridgehead atoms. The first-order chi connectivity index (χ1) is 7.29. The van der Waals surface area contributed by atoms with Crippen LogP contribution in [-0.2, 0) is 0 Å². The van der Waals surface area contributed by atoms with Gasteiger partial charge in [0.05, 0.1) is 0 Å². The van der Waals surface area contributed by atoms with Crippen LogP contribution in [0.5, 0.6) is 5.75 Å². The average molecular weight is 198 g/mol. The molecule has 2 rings (SSSR count). The molecule has 2 aromatic rings. The number of hydrogen-bond donors (Lipinski definition) is 1. The molecule has 0 aliphatic heterocycles. The monoisotopic (exact) mass is 198 g/mol. The lowest BCUT2D eigenvalue weighted by molar-refractivity contribution is 0.112. The van der Waals surface area contributed by atoms with Crippen LogP contribution in [0.2, 0.25) is 0 Å². The third-order valence-corrected chi connectivity index (χ3v) is 2.25. The van der Waals surface area contributed by atoms with Crippen molar-refractivity contribution in [1.29, 1.82) is 0 Å². The van der Waals surface area contributed by atoms with Gasteiger partial charge in [0, 0.05) is 5.56 Å². The van der Waals surface area contributed by atoms with Crippen molar-refractivity contribution in [2.45, 2.75) is 0 Å². The van der Waals surface area contributed by atoms with Gasteiger partial charge in [0.2, 0.25) is 0 Å². The highest BCUT2D eigenvalue weighted by Crippen LogP contribution is 2.21. The van der Waals surface area contributed by atoms with Crippen molar-refractivity contribution in [2.75, 3.05) is 0 Å². The zero-order chi connectivity index (χ0) is 10.7. The van der Waals surface area contributed by atoms with Gasteiger partial charge in [-0.2, -0.15) is 0 Å². The van der Waals surface area contributed by atoms with E-state index in [1.807, 2.05) is 24.3 Å². The lowest BCUT2D eigenvalue weighted by atomic mass is 10.0. The van der Waals surface area contributed by atoms with E-state index in [2.05, 4.69) is 0 Å². The van der Waals surface area contributed by atoms with E-state index < -0.39 is 0 Å². The van der Waals surface area contributed by atoms with Gasteiger partial charge >= 0.3 is 0 Å². The highest BCUT2D eigenvalue weighted by atomic mass is 16.3. The Hall–Kier alpha value is -2.09. The minimum absolute atomic E-state index is 0.253. The van der Waals surface area contributed by atoms with Crippen LogP contribution in [0.25, 0.3) is 11.1 Å². The Morgan fingerprint density at radius 2 is 1.27 bits per heavy atom. The second kappa shape index (κ2) is 3.96. The number of phenols is 1. The Labute approximate surface area is 87.8 Å². The minimum atomic E-state index is 0.253. The predicted octanol–water partition coefficient (Wildman–Crippen LogP) is 2.87. The Bertz CT molecular complexity index is 455. The maximum atomic E-state index is 10.5. The standard InChI is InChI=1S/C13H10O2/c14-9-10-1-3-11(4-2-10)12-5-7-13(15)8-6-12/h1-9,15H. The number of benzene rings is 2. The molecule has 0 atom stereocenters. The third-order valence-electron chi connectivity index (χ3n) is 2.25. The molecule has 2 aromatic carbocycles. The van der Waals surface area contributed by atoms with Crippen molar-refractivity contribution in [3.05, 3.63) is 54.1 Å². The summed E-state index contributed by atoms with van der Waals surface area (Å²) in [7, 11) is 0. The molecule has 0 unspecified atom stereocenters. The molecule has 0 aliphatic carbocycles. The van der Waals surface area contributed by atoms with Crippen molar-refractivity contribution in [3.63, 3.8) is 0 Å². The molecule has 0 heterocycles. The van der Waals surface area contributed by atoms with E-state index in [1.54, 1.807) is 24.3 Å². The van der Waals surface area contributed by atoms with Gasteiger partial charge in [-0.15, -0.1) is 0 Å². The fraction of sp³-hybridized carbons (Fsp3) is 0. The van der Waals surface area contributed by atoms with Crippen LogP contribution in [0.1, 0.15) is 10.4 Å². The second-order valence-electron chi connectivity index (χ2n) is 3.29. The van der Waals surface area contributed by atoms with Crippen LogP contribution >= 0.6 is 0 Å². The summed E-state index contributed by atoms with van der Waals surface area (Å²) in [5, 5.41) is 9.14. The average Bonchev–Trinajstić information content (AvgIpc) is 2.30. The van der Waals surface area contributed by atoms with Gasteiger partial charge in [-0.25, -0.2) is 0 Å². The molecule has 0 aliphatic rings. The molecule has 15 heavy (non-hydrogen) atoms. The normalized spacial score (nSPS) is 9.87. The van der Waals surface area contributed by atoms with Gasteiger partial charge in [0.1, 0.15) is 12.0 Å². The summed E-state index contributed by atoms with van der Waals surface area (Å²) in [4.78, 5) is 10.5. The number of aldehydes is 1. The topological polar surface area (TPSA) is 37.3 Å². The van der Waals surface area contributed by atoms with Crippen molar-refractivity contribution >= 4 is 6.29 Å². The Kier molecular flexibility index (Phi) is 2.50. The number of phenolic OH excluding ortho intramolecular Hbond substituents is 1. The maximum absolute atomic E-state index is 10.5. The Balaban J connectivity index is 2.37. The first-order valence-electron chi connectivity index (χ1n) is 4.64. The molecule has 0 amide bonds. The molecule has 0 saturated heterocycles. The third kappa shape index (κ3) is 2.05. The maximum Gasteiger partial charge on any atom is 0.150 e. The fourth-order valence-corrected chi connectivity index (χ4v) is 1.41. The van der Waals surface area contributed by atoms with Crippen molar-refractivity contribution in [1.82, 2.24) is 0 Å². The summed E-state index contributed by atoms with van der Waals surface area (Å²) in [5.41, 5.74) is 2.71. The van der Waals surface area contributed by atoms with Gasteiger partial charge in [-0.1, -0.05) is 36.4 Å². The van der Waals surface area contributed by atoms with E-state index in [4.69, 9.17) is 5.11 Å². The molecule has 2 heteroatoms. The second-order valence-corrected chi connectivity index (χ2v) is 3.29. The molecule has 0 spiro atoms. The van der Waals surface area contributed by atoms with Crippen molar-refractivity contribution in [2.24, 2.45) is 0 Å². The first-order valence-corrected chi connectivity index (χ1v) is 4.64. The van der Waals surface area contributed by atoms with Crippen LogP contribution < -0.4 is 0 Å². The molecule has 0 fully saturated rings. The molecule has 0 radical (unpaired) electrons. The minimum Gasteiger partial charge on any atom is -0.508 e. The molecule has 0 aromatic heterocycles. The van der Waals surface area contributed by atoms with Gasteiger partial charge < -0.3 is 5.11 Å². The first kappa shape index (κ1) is 9.46. The van der Waals surface area contributed by atoms with Crippen molar-refractivity contribution < 1.29 is 9.90 Å². The van der Waals surface area contributed by atoms with E-state index in [0.29, 0.717) is 5.56 Å². The molecule has 2 nitrogen and oxygen atoms in total. The highest BCUT2D eigenvalue weighted by Gasteiger charge is 1.97. The summed E-state index contributed by atoms with van der Waals surface area (Å²) in [5.74, 6) is 0.253. The number of hydrogen-bond acceptors (Lipinski definition) is 2. The largest absolute Gasteiger partial charge is 0.508 e. The molecule has 0 saturated carbocycles. The quantitative estimate of drug-likeness (QED) is 0.753. The highest BCUT2D eigenvalue weighted by molar-refractivity contribution is 5.76. The van der Waals surface area contributed by atoms with Crippen LogP contribution in [0.3, 0.4) is 0 Å². The molecule has 74 valence electrons. The predicted molar refractivity (Wildman–Crippen MR) is 58.9 cm³/mol. The number of carbonyl (C=O) groups is 1. The van der Waals surface area contributed by atoms with E-state index in [0.717, 1.165) is 17.4 Å². The smallest absolute Gasteiger partial charge is 0.150 e. The van der Waals surface area contributed by atoms with Gasteiger partial charge in [-0.05, 0) is 23.3 Å². The van der Waals surface area contributed by atoms with E-state index in [1.165, 1.54) is 0 Å². The number of aromatic hydroxyl groups is 1. The van der Waals surface area contributed by atoms with Crippen LogP contribution in [0, 0.1) is 0 Å². The van der Waals surface area contributed by atoms with Gasteiger partial charge in [-0.3, -0.25) is 4.79 Å². The van der Waals surface area contributed by atoms with Crippen LogP contribution in [0.4, 0.5) is 0 Å². The summed E-state index contributed by atoms with van der Waals surface area (Å²) >= 11 is 0. The zero-order valence-corrected chi connectivity index (χ0v) is 8.05. The van der Waals surface area contributed by atoms with Gasteiger partial charge in [0.15, 0.2) is 0 Å². The number of carbonyl (C=O) groups excluding carboxylic acids is 1. The van der Waals surface area contributed by atoms with Gasteiger partial charge in [0.25, 0.3) is 0 Å². The summed E-state index contributed by atoms with van der Waals surface area (Å²) in [6, 6.07) is 14.3. The molecular weight excluding hydrogens is 188 g/mol. The Morgan fingerprint density at radius 1 is 0.800 bits per heavy atom. The lowest BCUT2D eigenvalue weighted by Crippen LogP contribution is -1.80. The van der Waals surface area contributed by atoms with E-state index >= 15 is 0 Å². The summed E-state index contributed by atoms with van der Waals surface area (Å²) in [6.07, 6.45) is 0.820. The Morgan fingerprint density at radius 3 is 1.73 bits per heavy atom. The molecular formula is C13H10O2. The van der Waals surface area contributed by atoms with E-state index in [-0.39, 0.29) is 5.75 Å². The van der Waals surface area contributed by atoms with Crippen LogP contribution in [-0.4, -0.2) is 11.4 Å². The zero-order valence-electron chi connectivity index (χ0n) is 8.05. The fourth-order valence-electron chi connectivity index (χ4n) is 1.41. The van der Waals surface area contributed by atoms with E-state index in [9.17, 15) is 4.79 Å². The molecule has 1 N–H and O–H groups in total. The lowest BCUT2D eigenvalue weighted by Gasteiger charge is -2.01. The van der Waals surface area contributed by atoms with Crippen molar-refractivity contribution in [3.8, 4) is 16.9 Å².